The Kier molecular flexibility index (Phi) is 6.20. The van der Waals surface area contributed by atoms with Crippen LogP contribution in [0.15, 0.2) is 23.3 Å². The smallest absolute Gasteiger partial charge is 0.422 e. The molecule has 0 unspecified atom stereocenters. The topological polar surface area (TPSA) is 66.7 Å². The predicted octanol–water partition coefficient (Wildman–Crippen LogP) is 3.33. The molecule has 0 radical (unpaired) electrons. The van der Waals surface area contributed by atoms with Crippen LogP contribution in [0.3, 0.4) is 0 Å². The van der Waals surface area contributed by atoms with Crippen molar-refractivity contribution in [2.24, 2.45) is 10.9 Å². The first-order valence-corrected chi connectivity index (χ1v) is 7.59. The largest absolute Gasteiger partial charge is 0.467 e. The summed E-state index contributed by atoms with van der Waals surface area (Å²) in [6.45, 7) is -0.936. The standard InChI is InChI=1S/C15H20F3N3O2/c16-15(17,18)10-23-14-12(7-4-8-19-14)13(21-22)20-9-11-5-2-1-3-6-11/h4,7-8,11,22H,1-3,5-6,9-10H2,(H,20,21). The first kappa shape index (κ1) is 17.5. The molecular weight excluding hydrogens is 311 g/mol. The maximum atomic E-state index is 12.3. The van der Waals surface area contributed by atoms with E-state index in [-0.39, 0.29) is 17.3 Å². The number of hydroxylamine groups is 1. The second kappa shape index (κ2) is 8.14. The SMILES string of the molecule is ONC(=NCC1CCCCC1)c1cccnc1OCC(F)(F)F. The zero-order chi connectivity index (χ0) is 16.7. The Bertz CT molecular complexity index is 529. The van der Waals surface area contributed by atoms with Crippen LogP contribution in [-0.4, -0.2) is 35.4 Å². The fourth-order valence-corrected chi connectivity index (χ4v) is 2.61. The van der Waals surface area contributed by atoms with Gasteiger partial charge in [-0.2, -0.15) is 13.2 Å². The third kappa shape index (κ3) is 5.70. The zero-order valence-electron chi connectivity index (χ0n) is 12.6. The van der Waals surface area contributed by atoms with Crippen molar-refractivity contribution >= 4 is 5.84 Å². The number of pyridine rings is 1. The van der Waals surface area contributed by atoms with Gasteiger partial charge in [0.15, 0.2) is 12.4 Å². The minimum atomic E-state index is -4.46. The van der Waals surface area contributed by atoms with Crippen molar-refractivity contribution in [3.63, 3.8) is 0 Å². The Morgan fingerprint density at radius 2 is 2.09 bits per heavy atom. The monoisotopic (exact) mass is 331 g/mol. The van der Waals surface area contributed by atoms with E-state index in [1.165, 1.54) is 18.7 Å². The molecule has 1 heterocycles. The van der Waals surface area contributed by atoms with Gasteiger partial charge in [0.25, 0.3) is 0 Å². The van der Waals surface area contributed by atoms with Gasteiger partial charge in [-0.1, -0.05) is 19.3 Å². The van der Waals surface area contributed by atoms with Crippen molar-refractivity contribution < 1.29 is 23.1 Å². The Hall–Kier alpha value is -1.83. The van der Waals surface area contributed by atoms with E-state index in [1.807, 2.05) is 5.48 Å². The minimum absolute atomic E-state index is 0.0702. The van der Waals surface area contributed by atoms with Gasteiger partial charge in [0, 0.05) is 12.7 Å². The number of nitrogens with one attached hydrogen (secondary N) is 1. The second-order valence-electron chi connectivity index (χ2n) is 5.57. The van der Waals surface area contributed by atoms with Crippen LogP contribution < -0.4 is 10.2 Å². The molecule has 128 valence electrons. The Balaban J connectivity index is 2.10. The molecule has 0 spiro atoms. The molecule has 23 heavy (non-hydrogen) atoms. The third-order valence-corrected chi connectivity index (χ3v) is 3.74. The molecule has 1 aliphatic carbocycles. The molecule has 1 saturated carbocycles. The van der Waals surface area contributed by atoms with Crippen molar-refractivity contribution in [3.8, 4) is 5.88 Å². The first-order valence-electron chi connectivity index (χ1n) is 7.59. The van der Waals surface area contributed by atoms with Gasteiger partial charge in [-0.15, -0.1) is 0 Å². The van der Waals surface area contributed by atoms with E-state index >= 15 is 0 Å². The lowest BCUT2D eigenvalue weighted by Gasteiger charge is -2.20. The highest BCUT2D eigenvalue weighted by molar-refractivity contribution is 5.99. The highest BCUT2D eigenvalue weighted by Crippen LogP contribution is 2.24. The first-order chi connectivity index (χ1) is 11.0. The second-order valence-corrected chi connectivity index (χ2v) is 5.57. The van der Waals surface area contributed by atoms with E-state index in [2.05, 4.69) is 9.98 Å². The number of halogens is 3. The van der Waals surface area contributed by atoms with Gasteiger partial charge in [-0.3, -0.25) is 15.7 Å². The summed E-state index contributed by atoms with van der Waals surface area (Å²) < 4.78 is 41.6. The van der Waals surface area contributed by atoms with Crippen LogP contribution in [0.25, 0.3) is 0 Å². The van der Waals surface area contributed by atoms with Gasteiger partial charge >= 0.3 is 6.18 Å². The fourth-order valence-electron chi connectivity index (χ4n) is 2.61. The molecule has 8 heteroatoms. The summed E-state index contributed by atoms with van der Waals surface area (Å²) in [6, 6.07) is 3.05. The van der Waals surface area contributed by atoms with Crippen LogP contribution in [0.1, 0.15) is 37.7 Å². The molecular formula is C15H20F3N3O2. The van der Waals surface area contributed by atoms with E-state index < -0.39 is 12.8 Å². The van der Waals surface area contributed by atoms with E-state index in [0.717, 1.165) is 25.7 Å². The highest BCUT2D eigenvalue weighted by atomic mass is 19.4. The normalized spacial score (nSPS) is 17.1. The summed E-state index contributed by atoms with van der Waals surface area (Å²) in [6.07, 6.45) is 2.57. The number of alkyl halides is 3. The summed E-state index contributed by atoms with van der Waals surface area (Å²) in [4.78, 5) is 8.09. The van der Waals surface area contributed by atoms with Crippen molar-refractivity contribution in [2.45, 2.75) is 38.3 Å². The summed E-state index contributed by atoms with van der Waals surface area (Å²) in [5, 5.41) is 9.28. The average molecular weight is 331 g/mol. The number of hydrogen-bond acceptors (Lipinski definition) is 4. The Morgan fingerprint density at radius 1 is 1.35 bits per heavy atom. The van der Waals surface area contributed by atoms with Gasteiger partial charge in [0.1, 0.15) is 0 Å². The zero-order valence-corrected chi connectivity index (χ0v) is 12.6. The molecule has 0 saturated heterocycles. The quantitative estimate of drug-likeness (QED) is 0.493. The molecule has 0 bridgehead atoms. The van der Waals surface area contributed by atoms with Crippen molar-refractivity contribution in [1.29, 1.82) is 0 Å². The number of nitrogens with zero attached hydrogens (tertiary/aromatic N) is 2. The molecule has 0 aromatic carbocycles. The number of aliphatic imine (C=N–C) groups is 1. The van der Waals surface area contributed by atoms with Gasteiger partial charge in [0.05, 0.1) is 5.56 Å². The summed E-state index contributed by atoms with van der Waals surface area (Å²) in [5.41, 5.74) is 2.15. The summed E-state index contributed by atoms with van der Waals surface area (Å²) in [5.74, 6) is 0.290. The van der Waals surface area contributed by atoms with E-state index in [4.69, 9.17) is 4.74 Å². The van der Waals surface area contributed by atoms with Gasteiger partial charge in [-0.25, -0.2) is 4.98 Å². The molecule has 1 aromatic heterocycles. The van der Waals surface area contributed by atoms with Crippen molar-refractivity contribution in [3.05, 3.63) is 23.9 Å². The minimum Gasteiger partial charge on any atom is -0.467 e. The van der Waals surface area contributed by atoms with Crippen LogP contribution in [0.5, 0.6) is 5.88 Å². The molecule has 2 rings (SSSR count). The molecule has 0 aliphatic heterocycles. The predicted molar refractivity (Wildman–Crippen MR) is 78.7 cm³/mol. The van der Waals surface area contributed by atoms with Gasteiger partial charge < -0.3 is 4.74 Å². The van der Waals surface area contributed by atoms with E-state index in [0.29, 0.717) is 12.5 Å². The molecule has 1 aromatic rings. The van der Waals surface area contributed by atoms with Crippen LogP contribution in [0.4, 0.5) is 13.2 Å². The van der Waals surface area contributed by atoms with Crippen molar-refractivity contribution in [2.75, 3.05) is 13.2 Å². The average Bonchev–Trinajstić information content (AvgIpc) is 2.55. The molecule has 5 nitrogen and oxygen atoms in total. The Morgan fingerprint density at radius 3 is 2.74 bits per heavy atom. The third-order valence-electron chi connectivity index (χ3n) is 3.74. The number of amidine groups is 1. The van der Waals surface area contributed by atoms with Crippen LogP contribution in [0.2, 0.25) is 0 Å². The summed E-state index contributed by atoms with van der Waals surface area (Å²) >= 11 is 0. The highest BCUT2D eigenvalue weighted by Gasteiger charge is 2.29. The lowest BCUT2D eigenvalue weighted by atomic mass is 9.89. The maximum absolute atomic E-state index is 12.3. The number of ether oxygens (including phenoxy) is 1. The van der Waals surface area contributed by atoms with Crippen LogP contribution >= 0.6 is 0 Å². The van der Waals surface area contributed by atoms with Crippen molar-refractivity contribution in [1.82, 2.24) is 10.5 Å². The fraction of sp³-hybridized carbons (Fsp3) is 0.600. The van der Waals surface area contributed by atoms with Gasteiger partial charge in [0.2, 0.25) is 5.88 Å². The number of aromatic nitrogens is 1. The van der Waals surface area contributed by atoms with E-state index in [1.54, 1.807) is 6.07 Å². The van der Waals surface area contributed by atoms with Crippen LogP contribution in [-0.2, 0) is 0 Å². The summed E-state index contributed by atoms with van der Waals surface area (Å²) in [7, 11) is 0. The molecule has 2 N–H and O–H groups in total. The molecule has 1 fully saturated rings. The Labute approximate surface area is 132 Å². The lowest BCUT2D eigenvalue weighted by Crippen LogP contribution is -2.25. The number of hydrogen-bond donors (Lipinski definition) is 2. The maximum Gasteiger partial charge on any atom is 0.422 e. The van der Waals surface area contributed by atoms with Gasteiger partial charge in [-0.05, 0) is 30.9 Å². The number of rotatable bonds is 5. The van der Waals surface area contributed by atoms with E-state index in [9.17, 15) is 18.4 Å². The lowest BCUT2D eigenvalue weighted by molar-refractivity contribution is -0.154. The molecule has 0 atom stereocenters. The van der Waals surface area contributed by atoms with Crippen LogP contribution in [0, 0.1) is 5.92 Å². The molecule has 1 aliphatic rings. The molecule has 0 amide bonds.